The Morgan fingerprint density at radius 2 is 1.93 bits per heavy atom. The Bertz CT molecular complexity index is 1010. The first-order valence-electron chi connectivity index (χ1n) is 10.4. The van der Waals surface area contributed by atoms with Crippen molar-refractivity contribution in [1.82, 2.24) is 0 Å². The number of hydrogen-bond acceptors (Lipinski definition) is 4. The minimum absolute atomic E-state index is 0.0879. The number of carbonyl (C=O) groups is 2. The molecule has 0 spiro atoms. The number of nitrogens with one attached hydrogen (secondary N) is 1. The van der Waals surface area contributed by atoms with Gasteiger partial charge in [0, 0.05) is 23.2 Å². The van der Waals surface area contributed by atoms with E-state index in [1.54, 1.807) is 24.3 Å². The summed E-state index contributed by atoms with van der Waals surface area (Å²) in [5, 5.41) is 11.1. The van der Waals surface area contributed by atoms with Gasteiger partial charge in [-0.15, -0.1) is 5.11 Å². The molecule has 0 fully saturated rings. The molecule has 30 heavy (non-hydrogen) atoms. The van der Waals surface area contributed by atoms with E-state index < -0.39 is 0 Å². The fraction of sp³-hybridized carbons (Fsp3) is 0.333. The summed E-state index contributed by atoms with van der Waals surface area (Å²) in [5.74, 6) is 0.403. The molecule has 2 aromatic carbocycles. The highest BCUT2D eigenvalue weighted by molar-refractivity contribution is 6.04. The lowest BCUT2D eigenvalue weighted by molar-refractivity contribution is -0.115. The van der Waals surface area contributed by atoms with Gasteiger partial charge in [-0.2, -0.15) is 5.11 Å². The Balaban J connectivity index is 1.45. The van der Waals surface area contributed by atoms with Gasteiger partial charge in [-0.1, -0.05) is 12.1 Å². The average Bonchev–Trinajstić information content (AvgIpc) is 2.77. The van der Waals surface area contributed by atoms with E-state index in [1.807, 2.05) is 31.2 Å². The summed E-state index contributed by atoms with van der Waals surface area (Å²) in [4.78, 5) is 24.6. The molecule has 1 aliphatic heterocycles. The third kappa shape index (κ3) is 4.48. The van der Waals surface area contributed by atoms with Crippen LogP contribution in [0.25, 0.3) is 0 Å². The third-order valence-corrected chi connectivity index (χ3v) is 5.50. The van der Waals surface area contributed by atoms with Gasteiger partial charge in [0.25, 0.3) is 11.8 Å². The number of ether oxygens (including phenoxy) is 1. The van der Waals surface area contributed by atoms with Gasteiger partial charge >= 0.3 is 0 Å². The van der Waals surface area contributed by atoms with Crippen LogP contribution in [0.5, 0.6) is 5.75 Å². The van der Waals surface area contributed by atoms with Crippen LogP contribution in [0.3, 0.4) is 0 Å². The van der Waals surface area contributed by atoms with E-state index in [0.29, 0.717) is 18.6 Å². The highest BCUT2D eigenvalue weighted by Crippen LogP contribution is 2.33. The number of nitrogens with zero attached hydrogens (tertiary/aromatic N) is 2. The summed E-state index contributed by atoms with van der Waals surface area (Å²) >= 11 is 0. The molecule has 4 rings (SSSR count). The molecule has 1 N–H and O–H groups in total. The van der Waals surface area contributed by atoms with E-state index in [1.165, 1.54) is 0 Å². The Hall–Kier alpha value is -3.28. The lowest BCUT2D eigenvalue weighted by Crippen LogP contribution is -2.23. The first-order chi connectivity index (χ1) is 14.6. The second kappa shape index (κ2) is 9.03. The molecule has 6 heteroatoms. The molecular weight excluding hydrogens is 378 g/mol. The van der Waals surface area contributed by atoms with Gasteiger partial charge in [0.2, 0.25) is 0 Å². The van der Waals surface area contributed by atoms with Gasteiger partial charge in [-0.05, 0) is 80.1 Å². The summed E-state index contributed by atoms with van der Waals surface area (Å²) in [6.45, 7) is 2.51. The summed E-state index contributed by atoms with van der Waals surface area (Å²) in [6.07, 6.45) is 4.53. The summed E-state index contributed by atoms with van der Waals surface area (Å²) in [5.41, 5.74) is 4.36. The quantitative estimate of drug-likeness (QED) is 0.728. The molecule has 0 radical (unpaired) electrons. The molecule has 154 valence electrons. The Morgan fingerprint density at radius 3 is 2.73 bits per heavy atom. The molecule has 0 bridgehead atoms. The van der Waals surface area contributed by atoms with Crippen LogP contribution in [0.2, 0.25) is 0 Å². The van der Waals surface area contributed by atoms with E-state index in [9.17, 15) is 9.59 Å². The molecule has 1 atom stereocenters. The second-order valence-corrected chi connectivity index (χ2v) is 7.56. The van der Waals surface area contributed by atoms with Crippen molar-refractivity contribution in [3.63, 3.8) is 0 Å². The first-order valence-corrected chi connectivity index (χ1v) is 10.4. The highest BCUT2D eigenvalue weighted by Gasteiger charge is 2.28. The third-order valence-electron chi connectivity index (χ3n) is 5.50. The zero-order chi connectivity index (χ0) is 20.9. The van der Waals surface area contributed by atoms with Crippen molar-refractivity contribution in [2.45, 2.75) is 45.1 Å². The van der Waals surface area contributed by atoms with Gasteiger partial charge in [-0.25, -0.2) is 0 Å². The number of azo groups is 1. The maximum absolute atomic E-state index is 12.6. The standard InChI is InChI=1S/C24H25N3O3/c1-2-30-19-12-10-17(11-13-19)23(28)25-18-7-5-6-16(14-18)15-22-20-8-3-4-9-21(20)24(29)27-26-22/h5-7,10-14,22H,2-4,8-9,15H2,1H3,(H,25,28). The predicted octanol–water partition coefficient (Wildman–Crippen LogP) is 5.11. The summed E-state index contributed by atoms with van der Waals surface area (Å²) in [7, 11) is 0. The molecule has 6 nitrogen and oxygen atoms in total. The van der Waals surface area contributed by atoms with E-state index in [2.05, 4.69) is 15.5 Å². The molecule has 1 heterocycles. The molecular formula is C24H25N3O3. The van der Waals surface area contributed by atoms with Crippen LogP contribution in [0, 0.1) is 0 Å². The molecule has 2 amide bonds. The number of rotatable bonds is 6. The Kier molecular flexibility index (Phi) is 6.02. The number of carbonyl (C=O) groups excluding carboxylic acids is 2. The summed E-state index contributed by atoms with van der Waals surface area (Å²) in [6, 6.07) is 14.8. The maximum atomic E-state index is 12.6. The van der Waals surface area contributed by atoms with E-state index in [4.69, 9.17) is 4.74 Å². The van der Waals surface area contributed by atoms with Crippen molar-refractivity contribution in [2.24, 2.45) is 10.2 Å². The van der Waals surface area contributed by atoms with Crippen molar-refractivity contribution < 1.29 is 14.3 Å². The number of amides is 2. The topological polar surface area (TPSA) is 80.1 Å². The minimum atomic E-state index is -0.171. The van der Waals surface area contributed by atoms with Crippen LogP contribution in [0.1, 0.15) is 48.5 Å². The fourth-order valence-electron chi connectivity index (χ4n) is 4.03. The largest absolute Gasteiger partial charge is 0.494 e. The van der Waals surface area contributed by atoms with Crippen LogP contribution < -0.4 is 10.1 Å². The van der Waals surface area contributed by atoms with Gasteiger partial charge in [0.1, 0.15) is 5.75 Å². The summed E-state index contributed by atoms with van der Waals surface area (Å²) < 4.78 is 5.42. The van der Waals surface area contributed by atoms with E-state index in [0.717, 1.165) is 53.8 Å². The SMILES string of the molecule is CCOc1ccc(C(=O)Nc2cccc(CC3N=NC(=O)C4=C3CCCC4)c2)cc1. The van der Waals surface area contributed by atoms with Crippen molar-refractivity contribution in [1.29, 1.82) is 0 Å². The molecule has 1 aliphatic carbocycles. The maximum Gasteiger partial charge on any atom is 0.291 e. The molecule has 1 unspecified atom stereocenters. The first kappa shape index (κ1) is 20.0. The van der Waals surface area contributed by atoms with E-state index >= 15 is 0 Å². The Labute approximate surface area is 176 Å². The van der Waals surface area contributed by atoms with Crippen molar-refractivity contribution in [3.05, 3.63) is 70.8 Å². The van der Waals surface area contributed by atoms with Crippen LogP contribution in [-0.4, -0.2) is 24.5 Å². The number of hydrogen-bond donors (Lipinski definition) is 1. The number of benzene rings is 2. The van der Waals surface area contributed by atoms with E-state index in [-0.39, 0.29) is 17.9 Å². The zero-order valence-electron chi connectivity index (χ0n) is 17.1. The van der Waals surface area contributed by atoms with Crippen LogP contribution in [-0.2, 0) is 11.2 Å². The van der Waals surface area contributed by atoms with Gasteiger partial charge in [-0.3, -0.25) is 9.59 Å². The monoisotopic (exact) mass is 403 g/mol. The van der Waals surface area contributed by atoms with Crippen molar-refractivity contribution >= 4 is 17.5 Å². The lowest BCUT2D eigenvalue weighted by Gasteiger charge is -2.25. The van der Waals surface area contributed by atoms with Crippen LogP contribution in [0.4, 0.5) is 5.69 Å². The number of anilines is 1. The molecule has 0 saturated heterocycles. The lowest BCUT2D eigenvalue weighted by atomic mass is 9.84. The van der Waals surface area contributed by atoms with Crippen LogP contribution in [0.15, 0.2) is 69.9 Å². The smallest absolute Gasteiger partial charge is 0.291 e. The molecule has 2 aliphatic rings. The predicted molar refractivity (Wildman–Crippen MR) is 115 cm³/mol. The molecule has 0 aromatic heterocycles. The van der Waals surface area contributed by atoms with Crippen molar-refractivity contribution in [2.75, 3.05) is 11.9 Å². The Morgan fingerprint density at radius 1 is 1.13 bits per heavy atom. The normalized spacial score (nSPS) is 18.2. The zero-order valence-corrected chi connectivity index (χ0v) is 17.1. The van der Waals surface area contributed by atoms with Crippen molar-refractivity contribution in [3.8, 4) is 5.75 Å². The minimum Gasteiger partial charge on any atom is -0.494 e. The second-order valence-electron chi connectivity index (χ2n) is 7.56. The van der Waals surface area contributed by atoms with Gasteiger partial charge in [0.15, 0.2) is 0 Å². The molecule has 0 saturated carbocycles. The molecule has 2 aromatic rings. The highest BCUT2D eigenvalue weighted by atomic mass is 16.5. The fourth-order valence-corrected chi connectivity index (χ4v) is 4.03. The average molecular weight is 403 g/mol. The van der Waals surface area contributed by atoms with Gasteiger partial charge in [0.05, 0.1) is 12.6 Å². The van der Waals surface area contributed by atoms with Gasteiger partial charge < -0.3 is 10.1 Å². The van der Waals surface area contributed by atoms with Crippen LogP contribution >= 0.6 is 0 Å².